The van der Waals surface area contributed by atoms with E-state index in [0.717, 1.165) is 45.3 Å². The summed E-state index contributed by atoms with van der Waals surface area (Å²) in [5.41, 5.74) is 1.59. The van der Waals surface area contributed by atoms with Crippen molar-refractivity contribution in [1.82, 2.24) is 9.62 Å². The molecule has 0 aromatic rings. The lowest BCUT2D eigenvalue weighted by Crippen LogP contribution is -2.45. The molecule has 1 heterocycles. The Hall–Kier alpha value is -0.390. The van der Waals surface area contributed by atoms with Gasteiger partial charge in [0.2, 0.25) is 10.0 Å². The monoisotopic (exact) mass is 314 g/mol. The molecule has 1 N–H and O–H groups in total. The average Bonchev–Trinajstić information content (AvgIpc) is 2.48. The maximum atomic E-state index is 11.9. The minimum absolute atomic E-state index is 0.142. The first kappa shape index (κ1) is 17.0. The predicted molar refractivity (Wildman–Crippen MR) is 87.8 cm³/mol. The van der Waals surface area contributed by atoms with Crippen LogP contribution in [0, 0.1) is 0 Å². The van der Waals surface area contributed by atoms with Crippen LogP contribution in [0.2, 0.25) is 0 Å². The summed E-state index contributed by atoms with van der Waals surface area (Å²) in [6, 6.07) is 0.142. The van der Waals surface area contributed by atoms with E-state index in [9.17, 15) is 8.42 Å². The van der Waals surface area contributed by atoms with Gasteiger partial charge in [-0.05, 0) is 58.0 Å². The van der Waals surface area contributed by atoms with Gasteiger partial charge in [0.25, 0.3) is 0 Å². The quantitative estimate of drug-likeness (QED) is 0.735. The fourth-order valence-corrected chi connectivity index (χ4v) is 4.72. The summed E-state index contributed by atoms with van der Waals surface area (Å²) >= 11 is 0. The lowest BCUT2D eigenvalue weighted by molar-refractivity contribution is 0.220. The second-order valence-corrected chi connectivity index (χ2v) is 8.32. The van der Waals surface area contributed by atoms with E-state index in [4.69, 9.17) is 0 Å². The minimum Gasteiger partial charge on any atom is -0.299 e. The number of piperidine rings is 1. The van der Waals surface area contributed by atoms with Crippen molar-refractivity contribution in [2.75, 3.05) is 25.4 Å². The van der Waals surface area contributed by atoms with Crippen molar-refractivity contribution in [3.05, 3.63) is 11.6 Å². The fourth-order valence-electron chi connectivity index (χ4n) is 3.19. The first-order chi connectivity index (χ1) is 10.1. The van der Waals surface area contributed by atoms with Gasteiger partial charge in [0, 0.05) is 12.6 Å². The van der Waals surface area contributed by atoms with Crippen molar-refractivity contribution < 1.29 is 8.42 Å². The van der Waals surface area contributed by atoms with Crippen molar-refractivity contribution in [3.8, 4) is 0 Å². The molecule has 0 saturated carbocycles. The van der Waals surface area contributed by atoms with E-state index >= 15 is 0 Å². The van der Waals surface area contributed by atoms with E-state index < -0.39 is 10.0 Å². The predicted octanol–water partition coefficient (Wildman–Crippen LogP) is 2.67. The number of rotatable bonds is 7. The smallest absolute Gasteiger partial charge is 0.211 e. The van der Waals surface area contributed by atoms with Gasteiger partial charge in [0.15, 0.2) is 0 Å². The zero-order valence-corrected chi connectivity index (χ0v) is 14.1. The number of hydrogen-bond donors (Lipinski definition) is 1. The Morgan fingerprint density at radius 1 is 1.29 bits per heavy atom. The van der Waals surface area contributed by atoms with E-state index in [1.54, 1.807) is 5.57 Å². The molecule has 4 nitrogen and oxygen atoms in total. The summed E-state index contributed by atoms with van der Waals surface area (Å²) in [4.78, 5) is 2.48. The molecule has 1 aliphatic carbocycles. The van der Waals surface area contributed by atoms with Crippen molar-refractivity contribution in [2.24, 2.45) is 0 Å². The standard InChI is InChI=1S/C16H30N2O2S/c1-2-3-13-21(19,20)17-16-9-11-18(12-10-16)14-15-7-5-4-6-8-15/h7,16-17H,2-6,8-14H2,1H3. The molecule has 0 radical (unpaired) electrons. The Kier molecular flexibility index (Phi) is 6.71. The molecule has 0 aromatic carbocycles. The molecule has 0 amide bonds. The van der Waals surface area contributed by atoms with Gasteiger partial charge in [-0.15, -0.1) is 0 Å². The van der Waals surface area contributed by atoms with Crippen LogP contribution in [-0.4, -0.2) is 44.7 Å². The first-order valence-electron chi connectivity index (χ1n) is 8.49. The molecule has 1 fully saturated rings. The summed E-state index contributed by atoms with van der Waals surface area (Å²) < 4.78 is 26.7. The number of sulfonamides is 1. The van der Waals surface area contributed by atoms with E-state index in [1.807, 2.05) is 6.92 Å². The highest BCUT2D eigenvalue weighted by Crippen LogP contribution is 2.20. The van der Waals surface area contributed by atoms with Crippen molar-refractivity contribution >= 4 is 10.0 Å². The number of hydrogen-bond acceptors (Lipinski definition) is 3. The van der Waals surface area contributed by atoms with Crippen LogP contribution >= 0.6 is 0 Å². The van der Waals surface area contributed by atoms with Gasteiger partial charge in [-0.1, -0.05) is 25.0 Å². The van der Waals surface area contributed by atoms with Gasteiger partial charge >= 0.3 is 0 Å². The lowest BCUT2D eigenvalue weighted by atomic mass is 9.98. The van der Waals surface area contributed by atoms with Crippen LogP contribution in [0.25, 0.3) is 0 Å². The van der Waals surface area contributed by atoms with Crippen molar-refractivity contribution in [2.45, 2.75) is 64.3 Å². The number of unbranched alkanes of at least 4 members (excludes halogenated alkanes) is 1. The zero-order chi connectivity index (χ0) is 15.1. The molecule has 21 heavy (non-hydrogen) atoms. The molecule has 0 atom stereocenters. The van der Waals surface area contributed by atoms with Crippen LogP contribution in [0.3, 0.4) is 0 Å². The Morgan fingerprint density at radius 3 is 2.67 bits per heavy atom. The molecular formula is C16H30N2O2S. The zero-order valence-electron chi connectivity index (χ0n) is 13.3. The third kappa shape index (κ3) is 6.09. The summed E-state index contributed by atoms with van der Waals surface area (Å²) in [5.74, 6) is 0.274. The highest BCUT2D eigenvalue weighted by molar-refractivity contribution is 7.89. The second kappa shape index (κ2) is 8.30. The van der Waals surface area contributed by atoms with E-state index in [-0.39, 0.29) is 11.8 Å². The van der Waals surface area contributed by atoms with Gasteiger partial charge in [0.1, 0.15) is 0 Å². The first-order valence-corrected chi connectivity index (χ1v) is 10.1. The summed E-state index contributed by atoms with van der Waals surface area (Å²) in [5, 5.41) is 0. The van der Waals surface area contributed by atoms with Crippen molar-refractivity contribution in [3.63, 3.8) is 0 Å². The van der Waals surface area contributed by atoms with E-state index in [1.165, 1.54) is 25.7 Å². The van der Waals surface area contributed by atoms with Crippen LogP contribution in [0.1, 0.15) is 58.3 Å². The van der Waals surface area contributed by atoms with Gasteiger partial charge in [-0.2, -0.15) is 0 Å². The number of likely N-dealkylation sites (tertiary alicyclic amines) is 1. The number of nitrogens with zero attached hydrogens (tertiary/aromatic N) is 1. The summed E-state index contributed by atoms with van der Waals surface area (Å²) in [7, 11) is -3.07. The fraction of sp³-hybridized carbons (Fsp3) is 0.875. The molecule has 2 rings (SSSR count). The number of allylic oxidation sites excluding steroid dienone is 1. The van der Waals surface area contributed by atoms with Crippen LogP contribution < -0.4 is 4.72 Å². The third-order valence-electron chi connectivity index (χ3n) is 4.51. The van der Waals surface area contributed by atoms with E-state index in [0.29, 0.717) is 0 Å². The van der Waals surface area contributed by atoms with Crippen LogP contribution in [0.4, 0.5) is 0 Å². The molecule has 1 saturated heterocycles. The molecular weight excluding hydrogens is 284 g/mol. The van der Waals surface area contributed by atoms with Crippen LogP contribution in [0.15, 0.2) is 11.6 Å². The van der Waals surface area contributed by atoms with Crippen LogP contribution in [0.5, 0.6) is 0 Å². The molecule has 0 aromatic heterocycles. The Bertz CT molecular complexity index is 437. The average molecular weight is 314 g/mol. The van der Waals surface area contributed by atoms with Gasteiger partial charge in [-0.25, -0.2) is 13.1 Å². The highest BCUT2D eigenvalue weighted by Gasteiger charge is 2.23. The number of nitrogens with one attached hydrogen (secondary N) is 1. The third-order valence-corrected chi connectivity index (χ3v) is 6.03. The second-order valence-electron chi connectivity index (χ2n) is 6.45. The minimum atomic E-state index is -3.07. The van der Waals surface area contributed by atoms with E-state index in [2.05, 4.69) is 15.7 Å². The maximum absolute atomic E-state index is 11.9. The Morgan fingerprint density at radius 2 is 2.05 bits per heavy atom. The topological polar surface area (TPSA) is 49.4 Å². The molecule has 1 aliphatic heterocycles. The SMILES string of the molecule is CCCCS(=O)(=O)NC1CCN(CC2=CCCCC2)CC1. The Balaban J connectivity index is 1.71. The molecule has 0 bridgehead atoms. The largest absolute Gasteiger partial charge is 0.299 e. The summed E-state index contributed by atoms with van der Waals surface area (Å²) in [6.07, 6.45) is 11.1. The lowest BCUT2D eigenvalue weighted by Gasteiger charge is -2.33. The van der Waals surface area contributed by atoms with Crippen LogP contribution in [-0.2, 0) is 10.0 Å². The molecule has 0 unspecified atom stereocenters. The van der Waals surface area contributed by atoms with Gasteiger partial charge in [-0.3, -0.25) is 4.90 Å². The molecule has 122 valence electrons. The molecule has 0 spiro atoms. The Labute approximate surface area is 130 Å². The molecule has 2 aliphatic rings. The van der Waals surface area contributed by atoms with Gasteiger partial charge < -0.3 is 0 Å². The van der Waals surface area contributed by atoms with Crippen molar-refractivity contribution in [1.29, 1.82) is 0 Å². The normalized spacial score (nSPS) is 22.2. The summed E-state index contributed by atoms with van der Waals surface area (Å²) in [6.45, 7) is 5.14. The highest BCUT2D eigenvalue weighted by atomic mass is 32.2. The maximum Gasteiger partial charge on any atom is 0.211 e. The molecule has 5 heteroatoms. The van der Waals surface area contributed by atoms with Gasteiger partial charge in [0.05, 0.1) is 5.75 Å².